The molecule has 7 nitrogen and oxygen atoms in total. The average Bonchev–Trinajstić information content (AvgIpc) is 3.55. The average molecular weight is 422 g/mol. The summed E-state index contributed by atoms with van der Waals surface area (Å²) in [5.74, 6) is -0.769. The van der Waals surface area contributed by atoms with E-state index in [0.29, 0.717) is 32.5 Å². The number of epoxide rings is 1. The van der Waals surface area contributed by atoms with Crippen LogP contribution in [0.3, 0.4) is 0 Å². The van der Waals surface area contributed by atoms with Crippen LogP contribution in [0.2, 0.25) is 0 Å². The predicted molar refractivity (Wildman–Crippen MR) is 113 cm³/mol. The zero-order valence-electron chi connectivity index (χ0n) is 18.5. The summed E-state index contributed by atoms with van der Waals surface area (Å²) >= 11 is 0. The first-order valence-electron chi connectivity index (χ1n) is 10.5. The van der Waals surface area contributed by atoms with Crippen molar-refractivity contribution < 1.29 is 28.9 Å². The lowest BCUT2D eigenvalue weighted by Crippen LogP contribution is -2.40. The molecule has 168 valence electrons. The molecule has 0 spiro atoms. The van der Waals surface area contributed by atoms with Crippen molar-refractivity contribution in [3.63, 3.8) is 0 Å². The summed E-state index contributed by atoms with van der Waals surface area (Å²) in [7, 11) is 0. The molecule has 3 atom stereocenters. The molecule has 1 aliphatic heterocycles. The molecule has 1 saturated heterocycles. The number of benzene rings is 1. The summed E-state index contributed by atoms with van der Waals surface area (Å²) in [4.78, 5) is 25.2. The van der Waals surface area contributed by atoms with Crippen molar-refractivity contribution in [2.24, 2.45) is 10.8 Å². The Balaban J connectivity index is 1.77. The molecule has 1 aromatic rings. The van der Waals surface area contributed by atoms with Crippen LogP contribution in [0.1, 0.15) is 46.1 Å². The van der Waals surface area contributed by atoms with E-state index in [1.54, 1.807) is 20.8 Å². The molecule has 0 saturated carbocycles. The van der Waals surface area contributed by atoms with Crippen LogP contribution >= 0.6 is 0 Å². The summed E-state index contributed by atoms with van der Waals surface area (Å²) in [6.07, 6.45) is -0.00173. The summed E-state index contributed by atoms with van der Waals surface area (Å²) in [5.41, 5.74) is -0.577. The molecule has 0 amide bonds. The minimum Gasteiger partial charge on any atom is -0.462 e. The van der Waals surface area contributed by atoms with Crippen LogP contribution in [0.25, 0.3) is 0 Å². The van der Waals surface area contributed by atoms with Crippen LogP contribution in [0.15, 0.2) is 30.3 Å². The van der Waals surface area contributed by atoms with Gasteiger partial charge in [-0.25, -0.2) is 0 Å². The van der Waals surface area contributed by atoms with E-state index >= 15 is 0 Å². The van der Waals surface area contributed by atoms with E-state index < -0.39 is 22.9 Å². The number of ether oxygens (including phenoxy) is 3. The van der Waals surface area contributed by atoms with Crippen molar-refractivity contribution in [2.75, 3.05) is 26.4 Å². The maximum absolute atomic E-state index is 12.7. The quantitative estimate of drug-likeness (QED) is 0.373. The number of aliphatic hydroxyl groups excluding tert-OH is 1. The van der Waals surface area contributed by atoms with E-state index in [-0.39, 0.29) is 25.3 Å². The normalized spacial score (nSPS) is 18.9. The van der Waals surface area contributed by atoms with E-state index in [9.17, 15) is 14.7 Å². The third-order valence-electron chi connectivity index (χ3n) is 5.42. The molecule has 0 aromatic heterocycles. The molecule has 1 aromatic carbocycles. The van der Waals surface area contributed by atoms with Crippen LogP contribution in [0, 0.1) is 10.8 Å². The Hall–Kier alpha value is -1.96. The first-order chi connectivity index (χ1) is 14.2. The summed E-state index contributed by atoms with van der Waals surface area (Å²) < 4.78 is 15.8. The second-order valence-electron chi connectivity index (χ2n) is 8.90. The van der Waals surface area contributed by atoms with E-state index in [1.165, 1.54) is 0 Å². The Kier molecular flexibility index (Phi) is 8.82. The number of carbonyl (C=O) groups is 2. The standard InChI is InChI=1S/C23H35NO6/c1-5-23(4,16-22(2,3)20(26)30-15-19-14-28-19)21(27)29-13-18(25)12-24-11-17-9-7-6-8-10-17/h6-10,18-19,24-25H,5,11-16H2,1-4H3. The first-order valence-corrected chi connectivity index (χ1v) is 10.5. The van der Waals surface area contributed by atoms with Gasteiger partial charge in [-0.15, -0.1) is 0 Å². The van der Waals surface area contributed by atoms with Gasteiger partial charge in [0.1, 0.15) is 25.4 Å². The van der Waals surface area contributed by atoms with Crippen LogP contribution in [0.4, 0.5) is 0 Å². The Labute approximate surface area is 179 Å². The third kappa shape index (κ3) is 7.70. The fourth-order valence-electron chi connectivity index (χ4n) is 3.30. The van der Waals surface area contributed by atoms with Gasteiger partial charge in [0.25, 0.3) is 0 Å². The van der Waals surface area contributed by atoms with Gasteiger partial charge in [0.05, 0.1) is 17.4 Å². The highest BCUT2D eigenvalue weighted by atomic mass is 16.6. The molecule has 1 heterocycles. The largest absolute Gasteiger partial charge is 0.462 e. The smallest absolute Gasteiger partial charge is 0.311 e. The molecule has 7 heteroatoms. The van der Waals surface area contributed by atoms with E-state index in [0.717, 1.165) is 5.56 Å². The van der Waals surface area contributed by atoms with Gasteiger partial charge in [0.2, 0.25) is 0 Å². The Morgan fingerprint density at radius 3 is 2.47 bits per heavy atom. The molecule has 1 aliphatic rings. The molecule has 2 N–H and O–H groups in total. The Morgan fingerprint density at radius 2 is 1.87 bits per heavy atom. The molecule has 3 unspecified atom stereocenters. The van der Waals surface area contributed by atoms with Gasteiger partial charge >= 0.3 is 11.9 Å². The number of hydrogen-bond donors (Lipinski definition) is 2. The molecular formula is C23H35NO6. The molecular weight excluding hydrogens is 386 g/mol. The Morgan fingerprint density at radius 1 is 1.20 bits per heavy atom. The topological polar surface area (TPSA) is 97.4 Å². The second kappa shape index (κ2) is 10.9. The number of hydrogen-bond acceptors (Lipinski definition) is 7. The minimum atomic E-state index is -0.851. The van der Waals surface area contributed by atoms with Gasteiger partial charge in [0.15, 0.2) is 0 Å². The van der Waals surface area contributed by atoms with Crippen molar-refractivity contribution in [1.29, 1.82) is 0 Å². The van der Waals surface area contributed by atoms with Gasteiger partial charge in [0, 0.05) is 13.1 Å². The van der Waals surface area contributed by atoms with Crippen molar-refractivity contribution >= 4 is 11.9 Å². The number of aliphatic hydroxyl groups is 1. The maximum atomic E-state index is 12.7. The molecule has 0 bridgehead atoms. The third-order valence-corrected chi connectivity index (χ3v) is 5.42. The molecule has 30 heavy (non-hydrogen) atoms. The van der Waals surface area contributed by atoms with Crippen molar-refractivity contribution in [2.45, 2.75) is 59.3 Å². The predicted octanol–water partition coefficient (Wildman–Crippen LogP) is 2.45. The van der Waals surface area contributed by atoms with Crippen molar-refractivity contribution in [3.05, 3.63) is 35.9 Å². The summed E-state index contributed by atoms with van der Waals surface area (Å²) in [6, 6.07) is 9.85. The molecule has 0 aliphatic carbocycles. The molecule has 1 fully saturated rings. The zero-order valence-corrected chi connectivity index (χ0v) is 18.5. The molecule has 0 radical (unpaired) electrons. The van der Waals surface area contributed by atoms with Gasteiger partial charge in [-0.05, 0) is 39.2 Å². The Bertz CT molecular complexity index is 688. The van der Waals surface area contributed by atoms with Gasteiger partial charge in [-0.2, -0.15) is 0 Å². The minimum absolute atomic E-state index is 0.00395. The van der Waals surface area contributed by atoms with Crippen molar-refractivity contribution in [1.82, 2.24) is 5.32 Å². The van der Waals surface area contributed by atoms with Crippen LogP contribution in [0.5, 0.6) is 0 Å². The summed E-state index contributed by atoms with van der Waals surface area (Å²) in [6.45, 7) is 8.92. The highest BCUT2D eigenvalue weighted by molar-refractivity contribution is 5.80. The van der Waals surface area contributed by atoms with Crippen LogP contribution in [-0.2, 0) is 30.3 Å². The fraction of sp³-hybridized carbons (Fsp3) is 0.652. The highest BCUT2D eigenvalue weighted by Gasteiger charge is 2.43. The van der Waals surface area contributed by atoms with Crippen molar-refractivity contribution in [3.8, 4) is 0 Å². The number of nitrogens with one attached hydrogen (secondary N) is 1. The highest BCUT2D eigenvalue weighted by Crippen LogP contribution is 2.38. The number of carbonyl (C=O) groups excluding carboxylic acids is 2. The van der Waals surface area contributed by atoms with Gasteiger partial charge < -0.3 is 24.6 Å². The van der Waals surface area contributed by atoms with E-state index in [2.05, 4.69) is 5.32 Å². The van der Waals surface area contributed by atoms with Crippen LogP contribution < -0.4 is 5.32 Å². The zero-order chi connectivity index (χ0) is 22.2. The second-order valence-corrected chi connectivity index (χ2v) is 8.90. The fourth-order valence-corrected chi connectivity index (χ4v) is 3.30. The van der Waals surface area contributed by atoms with Crippen LogP contribution in [-0.4, -0.2) is 55.6 Å². The molecule has 2 rings (SSSR count). The lowest BCUT2D eigenvalue weighted by Gasteiger charge is -2.33. The number of rotatable bonds is 13. The van der Waals surface area contributed by atoms with E-state index in [4.69, 9.17) is 14.2 Å². The monoisotopic (exact) mass is 421 g/mol. The SMILES string of the molecule is CCC(C)(CC(C)(C)C(=O)OCC1CO1)C(=O)OCC(O)CNCc1ccccc1. The number of esters is 2. The van der Waals surface area contributed by atoms with E-state index in [1.807, 2.05) is 37.3 Å². The van der Waals surface area contributed by atoms with Gasteiger partial charge in [-0.1, -0.05) is 37.3 Å². The lowest BCUT2D eigenvalue weighted by molar-refractivity contribution is -0.165. The summed E-state index contributed by atoms with van der Waals surface area (Å²) in [5, 5.41) is 13.3. The lowest BCUT2D eigenvalue weighted by atomic mass is 9.72. The first kappa shape index (κ1) is 24.3. The maximum Gasteiger partial charge on any atom is 0.311 e. The van der Waals surface area contributed by atoms with Gasteiger partial charge in [-0.3, -0.25) is 9.59 Å².